The SMILES string of the molecule is CC(=O)c1cnn2ccc(N3C[C@H](O)C[C@@H]3c3cc(F)ccc3F)cc12. The van der Waals surface area contributed by atoms with Gasteiger partial charge in [-0.3, -0.25) is 4.79 Å². The predicted octanol–water partition coefficient (Wildman–Crippen LogP) is 3.13. The molecule has 2 atom stereocenters. The first kappa shape index (κ1) is 16.7. The quantitative estimate of drug-likeness (QED) is 0.732. The van der Waals surface area contributed by atoms with E-state index in [1.807, 2.05) is 4.90 Å². The summed E-state index contributed by atoms with van der Waals surface area (Å²) in [6, 6.07) is 6.42. The number of carbonyl (C=O) groups is 1. The van der Waals surface area contributed by atoms with Crippen LogP contribution in [0.15, 0.2) is 42.7 Å². The fourth-order valence-corrected chi connectivity index (χ4v) is 3.58. The number of hydrogen-bond acceptors (Lipinski definition) is 4. The molecule has 134 valence electrons. The van der Waals surface area contributed by atoms with Crippen LogP contribution in [0.5, 0.6) is 0 Å². The fourth-order valence-electron chi connectivity index (χ4n) is 3.58. The molecular formula is C19H17F2N3O2. The molecule has 0 aliphatic carbocycles. The minimum absolute atomic E-state index is 0.105. The van der Waals surface area contributed by atoms with Crippen molar-refractivity contribution in [2.45, 2.75) is 25.5 Å². The monoisotopic (exact) mass is 357 g/mol. The van der Waals surface area contributed by atoms with Crippen molar-refractivity contribution >= 4 is 17.0 Å². The second kappa shape index (κ2) is 6.17. The van der Waals surface area contributed by atoms with Gasteiger partial charge in [0.1, 0.15) is 11.6 Å². The molecule has 1 saturated heterocycles. The van der Waals surface area contributed by atoms with Crippen LogP contribution in [0.1, 0.15) is 35.3 Å². The summed E-state index contributed by atoms with van der Waals surface area (Å²) in [7, 11) is 0. The van der Waals surface area contributed by atoms with Crippen LogP contribution in [0.2, 0.25) is 0 Å². The molecule has 1 aliphatic heterocycles. The molecule has 3 heterocycles. The van der Waals surface area contributed by atoms with E-state index in [1.165, 1.54) is 19.2 Å². The van der Waals surface area contributed by atoms with E-state index in [1.54, 1.807) is 22.8 Å². The number of benzene rings is 1. The van der Waals surface area contributed by atoms with Crippen molar-refractivity contribution in [3.05, 3.63) is 65.5 Å². The number of Topliss-reactive ketones (excluding diaryl/α,β-unsaturated/α-hetero) is 1. The second-order valence-electron chi connectivity index (χ2n) is 6.55. The Morgan fingerprint density at radius 1 is 1.27 bits per heavy atom. The summed E-state index contributed by atoms with van der Waals surface area (Å²) >= 11 is 0. The summed E-state index contributed by atoms with van der Waals surface area (Å²) in [4.78, 5) is 13.6. The number of β-amino-alcohol motifs (C(OH)–C–C–N with tert-alkyl or cyclic N) is 1. The van der Waals surface area contributed by atoms with E-state index in [2.05, 4.69) is 5.10 Å². The molecule has 1 aromatic carbocycles. The summed E-state index contributed by atoms with van der Waals surface area (Å²) in [6.07, 6.45) is 2.85. The zero-order chi connectivity index (χ0) is 18.4. The van der Waals surface area contributed by atoms with Crippen LogP contribution in [0, 0.1) is 11.6 Å². The number of aliphatic hydroxyl groups excluding tert-OH is 1. The molecule has 7 heteroatoms. The third kappa shape index (κ3) is 2.74. The molecule has 0 radical (unpaired) electrons. The van der Waals surface area contributed by atoms with Gasteiger partial charge in [0.05, 0.1) is 29.4 Å². The van der Waals surface area contributed by atoms with Gasteiger partial charge in [-0.1, -0.05) is 0 Å². The Morgan fingerprint density at radius 2 is 2.08 bits per heavy atom. The van der Waals surface area contributed by atoms with E-state index < -0.39 is 23.8 Å². The lowest BCUT2D eigenvalue weighted by Gasteiger charge is -2.27. The average Bonchev–Trinajstić information content (AvgIpc) is 3.19. The first-order valence-electron chi connectivity index (χ1n) is 8.32. The number of nitrogens with zero attached hydrogens (tertiary/aromatic N) is 3. The van der Waals surface area contributed by atoms with E-state index in [-0.39, 0.29) is 11.3 Å². The lowest BCUT2D eigenvalue weighted by molar-refractivity contribution is 0.101. The molecular weight excluding hydrogens is 340 g/mol. The van der Waals surface area contributed by atoms with Crippen LogP contribution in [-0.4, -0.2) is 33.2 Å². The number of hydrogen-bond donors (Lipinski definition) is 1. The number of anilines is 1. The van der Waals surface area contributed by atoms with Gasteiger partial charge in [0.15, 0.2) is 5.78 Å². The second-order valence-corrected chi connectivity index (χ2v) is 6.55. The van der Waals surface area contributed by atoms with Gasteiger partial charge in [-0.25, -0.2) is 13.3 Å². The van der Waals surface area contributed by atoms with Crippen molar-refractivity contribution in [2.75, 3.05) is 11.4 Å². The Bertz CT molecular complexity index is 1000. The van der Waals surface area contributed by atoms with Gasteiger partial charge in [-0.05, 0) is 43.7 Å². The van der Waals surface area contributed by atoms with Gasteiger partial charge in [-0.15, -0.1) is 0 Å². The van der Waals surface area contributed by atoms with Gasteiger partial charge in [0.2, 0.25) is 0 Å². The molecule has 4 rings (SSSR count). The topological polar surface area (TPSA) is 57.8 Å². The first-order valence-corrected chi connectivity index (χ1v) is 8.32. The average molecular weight is 357 g/mol. The molecule has 0 bridgehead atoms. The van der Waals surface area contributed by atoms with E-state index in [4.69, 9.17) is 0 Å². The van der Waals surface area contributed by atoms with Crippen LogP contribution in [-0.2, 0) is 0 Å². The Kier molecular flexibility index (Phi) is 3.96. The first-order chi connectivity index (χ1) is 12.4. The van der Waals surface area contributed by atoms with Crippen LogP contribution in [0.4, 0.5) is 14.5 Å². The molecule has 1 fully saturated rings. The number of aromatic nitrogens is 2. The highest BCUT2D eigenvalue weighted by Crippen LogP contribution is 2.38. The highest BCUT2D eigenvalue weighted by atomic mass is 19.1. The Labute approximate surface area is 148 Å². The van der Waals surface area contributed by atoms with Gasteiger partial charge < -0.3 is 10.0 Å². The summed E-state index contributed by atoms with van der Waals surface area (Å²) in [5, 5.41) is 14.3. The third-order valence-corrected chi connectivity index (χ3v) is 4.81. The number of aliphatic hydroxyl groups is 1. The van der Waals surface area contributed by atoms with Crippen LogP contribution >= 0.6 is 0 Å². The molecule has 1 N–H and O–H groups in total. The molecule has 0 saturated carbocycles. The zero-order valence-electron chi connectivity index (χ0n) is 14.1. The normalized spacial score (nSPS) is 20.1. The molecule has 3 aromatic rings. The van der Waals surface area contributed by atoms with Crippen molar-refractivity contribution in [3.8, 4) is 0 Å². The highest BCUT2D eigenvalue weighted by molar-refractivity contribution is 6.00. The summed E-state index contributed by atoms with van der Waals surface area (Å²) in [5.74, 6) is -1.13. The molecule has 26 heavy (non-hydrogen) atoms. The number of rotatable bonds is 3. The van der Waals surface area contributed by atoms with Crippen LogP contribution in [0.3, 0.4) is 0 Å². The van der Waals surface area contributed by atoms with Gasteiger partial charge >= 0.3 is 0 Å². The summed E-state index contributed by atoms with van der Waals surface area (Å²) < 4.78 is 29.5. The smallest absolute Gasteiger partial charge is 0.163 e. The summed E-state index contributed by atoms with van der Waals surface area (Å²) in [5.41, 5.74) is 2.04. The standard InChI is InChI=1S/C19H17F2N3O2/c1-11(25)16-9-22-24-5-4-13(7-19(16)24)23-10-14(26)8-18(23)15-6-12(20)2-3-17(15)21/h2-7,9,14,18,26H,8,10H2,1H3/t14-,18-/m1/s1. The molecule has 0 spiro atoms. The molecule has 2 aromatic heterocycles. The third-order valence-electron chi connectivity index (χ3n) is 4.81. The van der Waals surface area contributed by atoms with Gasteiger partial charge in [0.25, 0.3) is 0 Å². The number of ketones is 1. The molecule has 1 aliphatic rings. The largest absolute Gasteiger partial charge is 0.391 e. The maximum Gasteiger partial charge on any atom is 0.163 e. The van der Waals surface area contributed by atoms with Crippen molar-refractivity contribution < 1.29 is 18.7 Å². The van der Waals surface area contributed by atoms with Crippen molar-refractivity contribution in [2.24, 2.45) is 0 Å². The van der Waals surface area contributed by atoms with Crippen molar-refractivity contribution in [1.29, 1.82) is 0 Å². The Morgan fingerprint density at radius 3 is 2.85 bits per heavy atom. The lowest BCUT2D eigenvalue weighted by atomic mass is 10.0. The molecule has 5 nitrogen and oxygen atoms in total. The number of halogens is 2. The van der Waals surface area contributed by atoms with E-state index >= 15 is 0 Å². The maximum atomic E-state index is 14.3. The van der Waals surface area contributed by atoms with Crippen molar-refractivity contribution in [3.63, 3.8) is 0 Å². The molecule has 0 unspecified atom stereocenters. The predicted molar refractivity (Wildman–Crippen MR) is 92.3 cm³/mol. The summed E-state index contributed by atoms with van der Waals surface area (Å²) in [6.45, 7) is 1.76. The number of fused-ring (bicyclic) bond motifs is 1. The number of carbonyl (C=O) groups excluding carboxylic acids is 1. The van der Waals surface area contributed by atoms with Crippen molar-refractivity contribution in [1.82, 2.24) is 9.61 Å². The van der Waals surface area contributed by atoms with Crippen LogP contribution in [0.25, 0.3) is 5.52 Å². The minimum atomic E-state index is -0.656. The lowest BCUT2D eigenvalue weighted by Crippen LogP contribution is -2.25. The Hall–Kier alpha value is -2.80. The van der Waals surface area contributed by atoms with Crippen LogP contribution < -0.4 is 4.90 Å². The maximum absolute atomic E-state index is 14.3. The zero-order valence-corrected chi connectivity index (χ0v) is 14.1. The van der Waals surface area contributed by atoms with E-state index in [0.29, 0.717) is 29.7 Å². The van der Waals surface area contributed by atoms with E-state index in [0.717, 1.165) is 12.1 Å². The van der Waals surface area contributed by atoms with Gasteiger partial charge in [0, 0.05) is 24.0 Å². The Balaban J connectivity index is 1.80. The fraction of sp³-hybridized carbons (Fsp3) is 0.263. The highest BCUT2D eigenvalue weighted by Gasteiger charge is 2.34. The van der Waals surface area contributed by atoms with Gasteiger partial charge in [-0.2, -0.15) is 5.10 Å². The van der Waals surface area contributed by atoms with E-state index in [9.17, 15) is 18.7 Å². The molecule has 0 amide bonds. The number of pyridine rings is 1. The minimum Gasteiger partial charge on any atom is -0.391 e.